The van der Waals surface area contributed by atoms with E-state index in [0.717, 1.165) is 12.3 Å². The van der Waals surface area contributed by atoms with Gasteiger partial charge in [-0.3, -0.25) is 4.79 Å². The van der Waals surface area contributed by atoms with E-state index >= 15 is 0 Å². The molecule has 0 radical (unpaired) electrons. The van der Waals surface area contributed by atoms with Crippen molar-refractivity contribution in [2.45, 2.75) is 23.5 Å². The van der Waals surface area contributed by atoms with Crippen LogP contribution < -0.4 is 10.6 Å². The molecule has 0 spiro atoms. The molecule has 1 amide bonds. The summed E-state index contributed by atoms with van der Waals surface area (Å²) in [6.45, 7) is 2.40. The zero-order chi connectivity index (χ0) is 18.4. The molecule has 0 bridgehead atoms. The van der Waals surface area contributed by atoms with E-state index in [1.165, 1.54) is 17.8 Å². The van der Waals surface area contributed by atoms with E-state index in [1.54, 1.807) is 24.9 Å². The minimum absolute atomic E-state index is 0.171. The number of carbonyl (C=O) groups excluding carboxylic acids is 1. The van der Waals surface area contributed by atoms with Crippen molar-refractivity contribution in [3.63, 3.8) is 0 Å². The highest BCUT2D eigenvalue weighted by molar-refractivity contribution is 8.00. The lowest BCUT2D eigenvalue weighted by Gasteiger charge is -2.12. The molecule has 0 saturated heterocycles. The Kier molecular flexibility index (Phi) is 6.23. The third-order valence-electron chi connectivity index (χ3n) is 3.14. The number of alkyl halides is 3. The number of halogens is 3. The van der Waals surface area contributed by atoms with E-state index in [0.29, 0.717) is 24.1 Å². The molecule has 2 N–H and O–H groups in total. The predicted molar refractivity (Wildman–Crippen MR) is 87.1 cm³/mol. The van der Waals surface area contributed by atoms with Crippen LogP contribution in [0.3, 0.4) is 0 Å². The molecular formula is C14H17F3N6OS. The number of aryl methyl sites for hydroxylation is 1. The molecule has 2 aromatic rings. The summed E-state index contributed by atoms with van der Waals surface area (Å²) in [7, 11) is 1.79. The monoisotopic (exact) mass is 374 g/mol. The number of hydrogen-bond donors (Lipinski definition) is 2. The van der Waals surface area contributed by atoms with Gasteiger partial charge in [0, 0.05) is 26.3 Å². The predicted octanol–water partition coefficient (Wildman–Crippen LogP) is 1.94. The fraction of sp³-hybridized carbons (Fsp3) is 0.429. The first kappa shape index (κ1) is 19.0. The van der Waals surface area contributed by atoms with Gasteiger partial charge in [-0.25, -0.2) is 4.98 Å². The number of amides is 1. The summed E-state index contributed by atoms with van der Waals surface area (Å²) in [5.74, 6) is 0.138. The Bertz CT molecular complexity index is 703. The van der Waals surface area contributed by atoms with Gasteiger partial charge < -0.3 is 15.2 Å². The molecule has 1 atom stereocenters. The largest absolute Gasteiger partial charge is 0.417 e. The normalized spacial score (nSPS) is 12.7. The van der Waals surface area contributed by atoms with Crippen LogP contribution in [0.4, 0.5) is 19.0 Å². The topological polar surface area (TPSA) is 84.7 Å². The first-order valence-electron chi connectivity index (χ1n) is 7.33. The maximum atomic E-state index is 12.4. The lowest BCUT2D eigenvalue weighted by atomic mass is 10.3. The van der Waals surface area contributed by atoms with Gasteiger partial charge in [0.15, 0.2) is 5.16 Å². The van der Waals surface area contributed by atoms with Crippen molar-refractivity contribution in [1.82, 2.24) is 25.1 Å². The number of pyridine rings is 1. The second kappa shape index (κ2) is 8.19. The molecule has 0 aliphatic rings. The van der Waals surface area contributed by atoms with Gasteiger partial charge in [0.25, 0.3) is 0 Å². The van der Waals surface area contributed by atoms with Crippen molar-refractivity contribution in [1.29, 1.82) is 0 Å². The molecule has 7 nitrogen and oxygen atoms in total. The Hall–Kier alpha value is -2.30. The number of aromatic nitrogens is 4. The number of rotatable bonds is 7. The number of thioether (sulfide) groups is 1. The van der Waals surface area contributed by atoms with Crippen molar-refractivity contribution in [2.75, 3.05) is 18.4 Å². The van der Waals surface area contributed by atoms with Gasteiger partial charge in [-0.1, -0.05) is 11.8 Å². The highest BCUT2D eigenvalue weighted by Gasteiger charge is 2.30. The number of carbonyl (C=O) groups is 1. The summed E-state index contributed by atoms with van der Waals surface area (Å²) >= 11 is 1.28. The van der Waals surface area contributed by atoms with Gasteiger partial charge >= 0.3 is 6.18 Å². The summed E-state index contributed by atoms with van der Waals surface area (Å²) in [5.41, 5.74) is -0.805. The zero-order valence-electron chi connectivity index (χ0n) is 13.5. The molecule has 0 aliphatic carbocycles. The minimum Gasteiger partial charge on any atom is -0.368 e. The van der Waals surface area contributed by atoms with E-state index in [4.69, 9.17) is 0 Å². The second-order valence-corrected chi connectivity index (χ2v) is 6.44. The lowest BCUT2D eigenvalue weighted by Crippen LogP contribution is -2.34. The average molecular weight is 374 g/mol. The van der Waals surface area contributed by atoms with Crippen LogP contribution in [0.25, 0.3) is 0 Å². The molecule has 0 fully saturated rings. The van der Waals surface area contributed by atoms with E-state index < -0.39 is 11.7 Å². The molecule has 2 heterocycles. The Morgan fingerprint density at radius 1 is 1.36 bits per heavy atom. The first-order valence-corrected chi connectivity index (χ1v) is 8.21. The van der Waals surface area contributed by atoms with E-state index in [9.17, 15) is 18.0 Å². The van der Waals surface area contributed by atoms with Gasteiger partial charge in [0.1, 0.15) is 12.1 Å². The summed E-state index contributed by atoms with van der Waals surface area (Å²) in [4.78, 5) is 15.7. The number of nitrogens with one attached hydrogen (secondary N) is 2. The molecule has 25 heavy (non-hydrogen) atoms. The van der Waals surface area contributed by atoms with Gasteiger partial charge in [-0.05, 0) is 19.1 Å². The van der Waals surface area contributed by atoms with Crippen LogP contribution in [0.1, 0.15) is 12.5 Å². The highest BCUT2D eigenvalue weighted by atomic mass is 32.2. The minimum atomic E-state index is -4.41. The van der Waals surface area contributed by atoms with Crippen molar-refractivity contribution < 1.29 is 18.0 Å². The summed E-state index contributed by atoms with van der Waals surface area (Å²) in [5, 5.41) is 13.5. The molecule has 0 saturated carbocycles. The molecule has 136 valence electrons. The van der Waals surface area contributed by atoms with E-state index in [2.05, 4.69) is 25.8 Å². The first-order chi connectivity index (χ1) is 11.8. The molecule has 0 unspecified atom stereocenters. The molecule has 11 heteroatoms. The lowest BCUT2D eigenvalue weighted by molar-refractivity contribution is -0.137. The Balaban J connectivity index is 1.71. The van der Waals surface area contributed by atoms with Crippen molar-refractivity contribution in [3.05, 3.63) is 30.2 Å². The second-order valence-electron chi connectivity index (χ2n) is 5.13. The summed E-state index contributed by atoms with van der Waals surface area (Å²) in [6.07, 6.45) is -2.09. The summed E-state index contributed by atoms with van der Waals surface area (Å²) < 4.78 is 39.0. The smallest absolute Gasteiger partial charge is 0.368 e. The van der Waals surface area contributed by atoms with Gasteiger partial charge in [0.05, 0.1) is 10.8 Å². The van der Waals surface area contributed by atoms with E-state index in [-0.39, 0.29) is 11.2 Å². The Morgan fingerprint density at radius 3 is 2.68 bits per heavy atom. The fourth-order valence-corrected chi connectivity index (χ4v) is 2.59. The van der Waals surface area contributed by atoms with Crippen molar-refractivity contribution in [2.24, 2.45) is 7.05 Å². The van der Waals surface area contributed by atoms with Crippen LogP contribution in [0.15, 0.2) is 29.8 Å². The maximum absolute atomic E-state index is 12.4. The summed E-state index contributed by atoms with van der Waals surface area (Å²) in [6, 6.07) is 2.20. The molecule has 0 aromatic carbocycles. The van der Waals surface area contributed by atoms with E-state index in [1.807, 2.05) is 0 Å². The number of hydrogen-bond acceptors (Lipinski definition) is 6. The van der Waals surface area contributed by atoms with Gasteiger partial charge in [0.2, 0.25) is 5.91 Å². The van der Waals surface area contributed by atoms with Gasteiger partial charge in [-0.2, -0.15) is 13.2 Å². The maximum Gasteiger partial charge on any atom is 0.417 e. The van der Waals surface area contributed by atoms with Crippen LogP contribution in [0.5, 0.6) is 0 Å². The zero-order valence-corrected chi connectivity index (χ0v) is 14.4. The van der Waals surface area contributed by atoms with Crippen LogP contribution in [0, 0.1) is 0 Å². The fourth-order valence-electron chi connectivity index (χ4n) is 1.78. The molecular weight excluding hydrogens is 357 g/mol. The van der Waals surface area contributed by atoms with Crippen molar-refractivity contribution in [3.8, 4) is 0 Å². The quantitative estimate of drug-likeness (QED) is 0.569. The SMILES string of the molecule is C[C@@H](Sc1nncn1C)C(=O)NCCNc1ccc(C(F)(F)F)cn1. The third-order valence-corrected chi connectivity index (χ3v) is 4.29. The molecule has 0 aliphatic heterocycles. The molecule has 2 rings (SSSR count). The number of nitrogens with zero attached hydrogens (tertiary/aromatic N) is 4. The Morgan fingerprint density at radius 2 is 2.12 bits per heavy atom. The highest BCUT2D eigenvalue weighted by Crippen LogP contribution is 2.28. The van der Waals surface area contributed by atoms with Gasteiger partial charge in [-0.15, -0.1) is 10.2 Å². The number of anilines is 1. The van der Waals surface area contributed by atoms with Crippen LogP contribution in [-0.4, -0.2) is 44.0 Å². The third kappa shape index (κ3) is 5.62. The van der Waals surface area contributed by atoms with Crippen LogP contribution in [0.2, 0.25) is 0 Å². The van der Waals surface area contributed by atoms with Crippen LogP contribution >= 0.6 is 11.8 Å². The van der Waals surface area contributed by atoms with Crippen molar-refractivity contribution >= 4 is 23.5 Å². The average Bonchev–Trinajstić information content (AvgIpc) is 2.96. The Labute approximate surface area is 146 Å². The van der Waals surface area contributed by atoms with Crippen LogP contribution in [-0.2, 0) is 18.0 Å². The standard InChI is InChI=1S/C14H17F3N6OS/c1-9(25-13-22-21-8-23(13)2)12(24)19-6-5-18-11-4-3-10(7-20-11)14(15,16)17/h3-4,7-9H,5-6H2,1-2H3,(H,18,20)(H,19,24)/t9-/m1/s1. The molecule has 2 aromatic heterocycles.